The van der Waals surface area contributed by atoms with Gasteiger partial charge in [0.25, 0.3) is 5.91 Å². The lowest BCUT2D eigenvalue weighted by atomic mass is 10.1. The quantitative estimate of drug-likeness (QED) is 0.822. The van der Waals surface area contributed by atoms with Crippen molar-refractivity contribution < 1.29 is 14.3 Å². The second kappa shape index (κ2) is 8.72. The number of benzene rings is 2. The maximum atomic E-state index is 12.2. The largest absolute Gasteiger partial charge is 0.493 e. The van der Waals surface area contributed by atoms with Crippen LogP contribution in [0.2, 0.25) is 0 Å². The van der Waals surface area contributed by atoms with Crippen molar-refractivity contribution in [2.24, 2.45) is 0 Å². The molecule has 5 heteroatoms. The van der Waals surface area contributed by atoms with Gasteiger partial charge in [-0.15, -0.1) is 0 Å². The van der Waals surface area contributed by atoms with E-state index in [0.717, 1.165) is 5.56 Å². The van der Waals surface area contributed by atoms with Gasteiger partial charge in [-0.3, -0.25) is 9.59 Å². The molecule has 0 radical (unpaired) electrons. The number of nitrogens with one attached hydrogen (secondary N) is 2. The molecule has 0 saturated heterocycles. The molecule has 2 aromatic rings. The predicted molar refractivity (Wildman–Crippen MR) is 92.9 cm³/mol. The number of ether oxygens (including phenoxy) is 1. The first-order chi connectivity index (χ1) is 11.6. The first kappa shape index (κ1) is 17.5. The second-order valence-corrected chi connectivity index (χ2v) is 5.31. The Labute approximate surface area is 142 Å². The zero-order valence-electron chi connectivity index (χ0n) is 13.9. The van der Waals surface area contributed by atoms with E-state index in [1.807, 2.05) is 44.2 Å². The summed E-state index contributed by atoms with van der Waals surface area (Å²) in [7, 11) is 0. The topological polar surface area (TPSA) is 67.4 Å². The third-order valence-corrected chi connectivity index (χ3v) is 3.52. The molecule has 0 aromatic heterocycles. The van der Waals surface area contributed by atoms with Gasteiger partial charge in [-0.2, -0.15) is 0 Å². The number of carbonyl (C=O) groups is 2. The minimum Gasteiger partial charge on any atom is -0.493 e. The number of hydrogen-bond donors (Lipinski definition) is 2. The van der Waals surface area contributed by atoms with Gasteiger partial charge in [-0.1, -0.05) is 42.5 Å². The highest BCUT2D eigenvalue weighted by molar-refractivity contribution is 5.98. The SMILES string of the molecule is CCOc1ccccc1C(=O)NCC(=O)NC(C)c1ccccc1. The van der Waals surface area contributed by atoms with Gasteiger partial charge in [0.1, 0.15) is 5.75 Å². The Balaban J connectivity index is 1.89. The lowest BCUT2D eigenvalue weighted by Gasteiger charge is -2.15. The standard InChI is InChI=1S/C19H22N2O3/c1-3-24-17-12-8-7-11-16(17)19(23)20-13-18(22)21-14(2)15-9-5-4-6-10-15/h4-12,14H,3,13H2,1-2H3,(H,20,23)(H,21,22). The zero-order chi connectivity index (χ0) is 17.4. The highest BCUT2D eigenvalue weighted by Crippen LogP contribution is 2.17. The van der Waals surface area contributed by atoms with E-state index in [-0.39, 0.29) is 24.4 Å². The molecular formula is C19H22N2O3. The molecule has 5 nitrogen and oxygen atoms in total. The van der Waals surface area contributed by atoms with Crippen LogP contribution < -0.4 is 15.4 Å². The Kier molecular flexibility index (Phi) is 6.37. The van der Waals surface area contributed by atoms with E-state index in [0.29, 0.717) is 17.9 Å². The highest BCUT2D eigenvalue weighted by Gasteiger charge is 2.14. The summed E-state index contributed by atoms with van der Waals surface area (Å²) in [6.45, 7) is 4.14. The van der Waals surface area contributed by atoms with Gasteiger partial charge in [-0.25, -0.2) is 0 Å². The van der Waals surface area contributed by atoms with E-state index in [1.54, 1.807) is 24.3 Å². The van der Waals surface area contributed by atoms with Gasteiger partial charge in [0, 0.05) is 0 Å². The van der Waals surface area contributed by atoms with Crippen LogP contribution in [-0.4, -0.2) is 25.0 Å². The van der Waals surface area contributed by atoms with E-state index < -0.39 is 0 Å². The number of hydrogen-bond acceptors (Lipinski definition) is 3. The minimum absolute atomic E-state index is 0.0868. The maximum Gasteiger partial charge on any atom is 0.255 e. The van der Waals surface area contributed by atoms with Crippen LogP contribution in [0, 0.1) is 0 Å². The molecule has 0 heterocycles. The second-order valence-electron chi connectivity index (χ2n) is 5.31. The molecule has 0 spiro atoms. The average molecular weight is 326 g/mol. The van der Waals surface area contributed by atoms with Crippen molar-refractivity contribution in [3.63, 3.8) is 0 Å². The van der Waals surface area contributed by atoms with E-state index in [9.17, 15) is 9.59 Å². The molecule has 0 aliphatic carbocycles. The maximum absolute atomic E-state index is 12.2. The lowest BCUT2D eigenvalue weighted by Crippen LogP contribution is -2.38. The first-order valence-electron chi connectivity index (χ1n) is 7.96. The third kappa shape index (κ3) is 4.84. The van der Waals surface area contributed by atoms with E-state index >= 15 is 0 Å². The fourth-order valence-electron chi connectivity index (χ4n) is 2.31. The summed E-state index contributed by atoms with van der Waals surface area (Å²) in [6, 6.07) is 16.5. The van der Waals surface area contributed by atoms with Gasteiger partial charge < -0.3 is 15.4 Å². The summed E-state index contributed by atoms with van der Waals surface area (Å²) in [6.07, 6.45) is 0. The van der Waals surface area contributed by atoms with Crippen LogP contribution in [0.4, 0.5) is 0 Å². The van der Waals surface area contributed by atoms with Crippen molar-refractivity contribution in [2.75, 3.05) is 13.2 Å². The van der Waals surface area contributed by atoms with Crippen molar-refractivity contribution >= 4 is 11.8 Å². The van der Waals surface area contributed by atoms with Crippen LogP contribution in [0.3, 0.4) is 0 Å². The summed E-state index contributed by atoms with van der Waals surface area (Å²) in [5.41, 5.74) is 1.43. The fourth-order valence-corrected chi connectivity index (χ4v) is 2.31. The van der Waals surface area contributed by atoms with Crippen LogP contribution >= 0.6 is 0 Å². The molecule has 2 aromatic carbocycles. The molecular weight excluding hydrogens is 304 g/mol. The van der Waals surface area contributed by atoms with Crippen LogP contribution in [0.15, 0.2) is 54.6 Å². The molecule has 126 valence electrons. The Morgan fingerprint density at radius 2 is 1.71 bits per heavy atom. The zero-order valence-corrected chi connectivity index (χ0v) is 13.9. The molecule has 2 N–H and O–H groups in total. The monoisotopic (exact) mass is 326 g/mol. The lowest BCUT2D eigenvalue weighted by molar-refractivity contribution is -0.120. The summed E-state index contributed by atoms with van der Waals surface area (Å²) >= 11 is 0. The summed E-state index contributed by atoms with van der Waals surface area (Å²) < 4.78 is 5.43. The third-order valence-electron chi connectivity index (χ3n) is 3.52. The molecule has 24 heavy (non-hydrogen) atoms. The van der Waals surface area contributed by atoms with Gasteiger partial charge in [-0.05, 0) is 31.5 Å². The smallest absolute Gasteiger partial charge is 0.255 e. The van der Waals surface area contributed by atoms with Gasteiger partial charge in [0.05, 0.1) is 24.8 Å². The van der Waals surface area contributed by atoms with Crippen LogP contribution in [0.5, 0.6) is 5.75 Å². The molecule has 0 aliphatic rings. The van der Waals surface area contributed by atoms with Gasteiger partial charge in [0.15, 0.2) is 0 Å². The fraction of sp³-hybridized carbons (Fsp3) is 0.263. The van der Waals surface area contributed by atoms with Crippen molar-refractivity contribution in [3.8, 4) is 5.75 Å². The van der Waals surface area contributed by atoms with Crippen LogP contribution in [0.25, 0.3) is 0 Å². The normalized spacial score (nSPS) is 11.4. The summed E-state index contributed by atoms with van der Waals surface area (Å²) in [5, 5.41) is 5.48. The number of carbonyl (C=O) groups excluding carboxylic acids is 2. The predicted octanol–water partition coefficient (Wildman–Crippen LogP) is 2.69. The Morgan fingerprint density at radius 1 is 1.04 bits per heavy atom. The Hall–Kier alpha value is -2.82. The summed E-state index contributed by atoms with van der Waals surface area (Å²) in [5.74, 6) is -0.0641. The van der Waals surface area contributed by atoms with E-state index in [2.05, 4.69) is 10.6 Å². The van der Waals surface area contributed by atoms with E-state index in [4.69, 9.17) is 4.74 Å². The van der Waals surface area contributed by atoms with E-state index in [1.165, 1.54) is 0 Å². The van der Waals surface area contributed by atoms with Crippen LogP contribution in [-0.2, 0) is 4.79 Å². The molecule has 1 unspecified atom stereocenters. The Bertz CT molecular complexity index is 686. The number of rotatable bonds is 7. The van der Waals surface area contributed by atoms with Gasteiger partial charge in [0.2, 0.25) is 5.91 Å². The molecule has 2 rings (SSSR count). The van der Waals surface area contributed by atoms with Gasteiger partial charge >= 0.3 is 0 Å². The number of amides is 2. The highest BCUT2D eigenvalue weighted by atomic mass is 16.5. The van der Waals surface area contributed by atoms with Crippen LogP contribution in [0.1, 0.15) is 35.8 Å². The van der Waals surface area contributed by atoms with Crippen molar-refractivity contribution in [1.82, 2.24) is 10.6 Å². The summed E-state index contributed by atoms with van der Waals surface area (Å²) in [4.78, 5) is 24.2. The Morgan fingerprint density at radius 3 is 2.42 bits per heavy atom. The molecule has 0 saturated carbocycles. The average Bonchev–Trinajstić information content (AvgIpc) is 2.61. The first-order valence-corrected chi connectivity index (χ1v) is 7.96. The molecule has 0 aliphatic heterocycles. The van der Waals surface area contributed by atoms with Crippen molar-refractivity contribution in [1.29, 1.82) is 0 Å². The van der Waals surface area contributed by atoms with Crippen molar-refractivity contribution in [2.45, 2.75) is 19.9 Å². The molecule has 0 bridgehead atoms. The molecule has 1 atom stereocenters. The van der Waals surface area contributed by atoms with Crippen molar-refractivity contribution in [3.05, 3.63) is 65.7 Å². The molecule has 2 amide bonds. The number of para-hydroxylation sites is 1. The minimum atomic E-state index is -0.332. The molecule has 0 fully saturated rings.